The van der Waals surface area contributed by atoms with Gasteiger partial charge >= 0.3 is 5.97 Å². The predicted octanol–water partition coefficient (Wildman–Crippen LogP) is 4.44. The highest BCUT2D eigenvalue weighted by atomic mass is 79.9. The summed E-state index contributed by atoms with van der Waals surface area (Å²) >= 11 is 4.77. The molecule has 0 heterocycles. The molecule has 2 aromatic rings. The first-order valence-electron chi connectivity index (χ1n) is 5.02. The van der Waals surface area contributed by atoms with Gasteiger partial charge in [0.25, 0.3) is 0 Å². The molecule has 0 unspecified atom stereocenters. The number of halogens is 2. The van der Waals surface area contributed by atoms with E-state index in [4.69, 9.17) is 5.11 Å². The lowest BCUT2D eigenvalue weighted by Gasteiger charge is -2.05. The van der Waals surface area contributed by atoms with Crippen LogP contribution >= 0.6 is 27.7 Å². The SMILES string of the molecule is O=C(O)c1ccc(Sc2ccc(F)cc2)c(Br)c1. The van der Waals surface area contributed by atoms with Crippen LogP contribution in [0.15, 0.2) is 56.7 Å². The number of carboxylic acid groups (broad SMARTS) is 1. The quantitative estimate of drug-likeness (QED) is 0.906. The molecule has 0 amide bonds. The van der Waals surface area contributed by atoms with Crippen molar-refractivity contribution >= 4 is 33.7 Å². The predicted molar refractivity (Wildman–Crippen MR) is 71.6 cm³/mol. The average molecular weight is 327 g/mol. The molecule has 2 aromatic carbocycles. The highest BCUT2D eigenvalue weighted by Crippen LogP contribution is 2.34. The van der Waals surface area contributed by atoms with Crippen LogP contribution in [0.25, 0.3) is 0 Å². The summed E-state index contributed by atoms with van der Waals surface area (Å²) in [6, 6.07) is 11.0. The third-order valence-electron chi connectivity index (χ3n) is 2.22. The molecule has 0 atom stereocenters. The van der Waals surface area contributed by atoms with Crippen molar-refractivity contribution < 1.29 is 14.3 Å². The van der Waals surface area contributed by atoms with E-state index in [0.29, 0.717) is 4.47 Å². The summed E-state index contributed by atoms with van der Waals surface area (Å²) in [7, 11) is 0. The third-order valence-corrected chi connectivity index (χ3v) is 4.22. The van der Waals surface area contributed by atoms with Crippen molar-refractivity contribution in [2.45, 2.75) is 9.79 Å². The number of aromatic carboxylic acids is 1. The van der Waals surface area contributed by atoms with E-state index in [0.717, 1.165) is 9.79 Å². The van der Waals surface area contributed by atoms with Gasteiger partial charge in [-0.3, -0.25) is 0 Å². The summed E-state index contributed by atoms with van der Waals surface area (Å²) in [6.07, 6.45) is 0. The maximum Gasteiger partial charge on any atom is 0.335 e. The van der Waals surface area contributed by atoms with E-state index in [1.807, 2.05) is 0 Å². The first kappa shape index (κ1) is 13.1. The molecular formula is C13H8BrFO2S. The minimum atomic E-state index is -0.964. The zero-order valence-electron chi connectivity index (χ0n) is 9.06. The molecule has 2 nitrogen and oxygen atoms in total. The Balaban J connectivity index is 2.24. The minimum Gasteiger partial charge on any atom is -0.478 e. The molecule has 18 heavy (non-hydrogen) atoms. The molecule has 0 radical (unpaired) electrons. The van der Waals surface area contributed by atoms with Gasteiger partial charge in [0.1, 0.15) is 5.82 Å². The monoisotopic (exact) mass is 326 g/mol. The number of hydrogen-bond donors (Lipinski definition) is 1. The van der Waals surface area contributed by atoms with E-state index in [1.54, 1.807) is 30.3 Å². The lowest BCUT2D eigenvalue weighted by molar-refractivity contribution is 0.0696. The normalized spacial score (nSPS) is 10.3. The molecule has 0 aliphatic carbocycles. The van der Waals surface area contributed by atoms with Crippen molar-refractivity contribution in [3.63, 3.8) is 0 Å². The Kier molecular flexibility index (Phi) is 4.04. The minimum absolute atomic E-state index is 0.227. The number of carbonyl (C=O) groups is 1. The van der Waals surface area contributed by atoms with Crippen LogP contribution in [-0.4, -0.2) is 11.1 Å². The molecule has 92 valence electrons. The van der Waals surface area contributed by atoms with Gasteiger partial charge in [-0.1, -0.05) is 11.8 Å². The zero-order valence-corrected chi connectivity index (χ0v) is 11.5. The van der Waals surface area contributed by atoms with Gasteiger partial charge in [-0.05, 0) is 58.4 Å². The average Bonchev–Trinajstić information content (AvgIpc) is 2.34. The molecule has 2 rings (SSSR count). The van der Waals surface area contributed by atoms with Gasteiger partial charge in [0.2, 0.25) is 0 Å². The summed E-state index contributed by atoms with van der Waals surface area (Å²) in [5.74, 6) is -1.24. The topological polar surface area (TPSA) is 37.3 Å². The first-order chi connectivity index (χ1) is 8.56. The van der Waals surface area contributed by atoms with E-state index >= 15 is 0 Å². The lowest BCUT2D eigenvalue weighted by atomic mass is 10.2. The number of carboxylic acids is 1. The Morgan fingerprint density at radius 3 is 2.39 bits per heavy atom. The molecule has 0 aliphatic rings. The number of benzene rings is 2. The van der Waals surface area contributed by atoms with Crippen LogP contribution in [0.1, 0.15) is 10.4 Å². The highest BCUT2D eigenvalue weighted by Gasteiger charge is 2.07. The first-order valence-corrected chi connectivity index (χ1v) is 6.63. The van der Waals surface area contributed by atoms with Gasteiger partial charge in [-0.2, -0.15) is 0 Å². The fourth-order valence-electron chi connectivity index (χ4n) is 1.35. The van der Waals surface area contributed by atoms with Crippen molar-refractivity contribution in [1.82, 2.24) is 0 Å². The van der Waals surface area contributed by atoms with E-state index in [-0.39, 0.29) is 11.4 Å². The van der Waals surface area contributed by atoms with Crippen LogP contribution in [0, 0.1) is 5.82 Å². The molecule has 0 spiro atoms. The third kappa shape index (κ3) is 3.11. The fourth-order valence-corrected chi connectivity index (χ4v) is 2.79. The second-order valence-corrected chi connectivity index (χ2v) is 5.48. The van der Waals surface area contributed by atoms with Gasteiger partial charge in [0.05, 0.1) is 5.56 Å². The van der Waals surface area contributed by atoms with Crippen molar-refractivity contribution in [2.75, 3.05) is 0 Å². The van der Waals surface area contributed by atoms with E-state index in [2.05, 4.69) is 15.9 Å². The fraction of sp³-hybridized carbons (Fsp3) is 0. The second-order valence-electron chi connectivity index (χ2n) is 3.51. The number of rotatable bonds is 3. The smallest absolute Gasteiger partial charge is 0.335 e. The molecule has 1 N–H and O–H groups in total. The van der Waals surface area contributed by atoms with E-state index < -0.39 is 5.97 Å². The Labute approximate surface area is 116 Å². The Bertz CT molecular complexity index is 584. The van der Waals surface area contributed by atoms with Crippen molar-refractivity contribution in [3.8, 4) is 0 Å². The maximum absolute atomic E-state index is 12.8. The Hall–Kier alpha value is -1.33. The van der Waals surface area contributed by atoms with E-state index in [9.17, 15) is 9.18 Å². The zero-order chi connectivity index (χ0) is 13.1. The van der Waals surface area contributed by atoms with Crippen LogP contribution in [-0.2, 0) is 0 Å². The van der Waals surface area contributed by atoms with Gasteiger partial charge in [0.15, 0.2) is 0 Å². The van der Waals surface area contributed by atoms with Gasteiger partial charge in [-0.15, -0.1) is 0 Å². The molecule has 0 saturated carbocycles. The second kappa shape index (κ2) is 5.54. The van der Waals surface area contributed by atoms with Gasteiger partial charge in [-0.25, -0.2) is 9.18 Å². The molecule has 0 saturated heterocycles. The summed E-state index contributed by atoms with van der Waals surface area (Å²) in [5.41, 5.74) is 0.227. The largest absolute Gasteiger partial charge is 0.478 e. The maximum atomic E-state index is 12.8. The number of hydrogen-bond acceptors (Lipinski definition) is 2. The van der Waals surface area contributed by atoms with Crippen LogP contribution < -0.4 is 0 Å². The molecule has 0 aromatic heterocycles. The standard InChI is InChI=1S/C13H8BrFO2S/c14-11-7-8(13(16)17)1-6-12(11)18-10-4-2-9(15)3-5-10/h1-7H,(H,16,17). The summed E-state index contributed by atoms with van der Waals surface area (Å²) < 4.78 is 13.5. The van der Waals surface area contributed by atoms with E-state index in [1.165, 1.54) is 23.9 Å². The summed E-state index contributed by atoms with van der Waals surface area (Å²) in [5, 5.41) is 8.85. The Morgan fingerprint density at radius 2 is 1.83 bits per heavy atom. The lowest BCUT2D eigenvalue weighted by Crippen LogP contribution is -1.95. The van der Waals surface area contributed by atoms with Crippen LogP contribution in [0.3, 0.4) is 0 Å². The van der Waals surface area contributed by atoms with Crippen molar-refractivity contribution in [1.29, 1.82) is 0 Å². The van der Waals surface area contributed by atoms with Crippen LogP contribution in [0.5, 0.6) is 0 Å². The van der Waals surface area contributed by atoms with Gasteiger partial charge < -0.3 is 5.11 Å². The molecule has 0 fully saturated rings. The van der Waals surface area contributed by atoms with Crippen molar-refractivity contribution in [3.05, 3.63) is 58.3 Å². The van der Waals surface area contributed by atoms with Crippen LogP contribution in [0.4, 0.5) is 4.39 Å². The molecular weight excluding hydrogens is 319 g/mol. The molecule has 0 aliphatic heterocycles. The molecule has 5 heteroatoms. The Morgan fingerprint density at radius 1 is 1.17 bits per heavy atom. The van der Waals surface area contributed by atoms with Gasteiger partial charge in [0, 0.05) is 14.3 Å². The summed E-state index contributed by atoms with van der Waals surface area (Å²) in [6.45, 7) is 0. The summed E-state index contributed by atoms with van der Waals surface area (Å²) in [4.78, 5) is 12.6. The van der Waals surface area contributed by atoms with Crippen LogP contribution in [0.2, 0.25) is 0 Å². The molecule has 0 bridgehead atoms. The highest BCUT2D eigenvalue weighted by molar-refractivity contribution is 9.10. The van der Waals surface area contributed by atoms with Crippen molar-refractivity contribution in [2.24, 2.45) is 0 Å².